The molecule has 4 rings (SSSR count). The van der Waals surface area contributed by atoms with Crippen molar-refractivity contribution in [2.24, 2.45) is 34.0 Å². The lowest BCUT2D eigenvalue weighted by Crippen LogP contribution is -2.65. The molecule has 2 bridgehead atoms. The molecule has 1 aliphatic heterocycles. The zero-order valence-corrected chi connectivity index (χ0v) is 25.7. The topological polar surface area (TPSA) is 117 Å². The van der Waals surface area contributed by atoms with Crippen molar-refractivity contribution in [3.8, 4) is 0 Å². The molecule has 1 unspecified atom stereocenters. The van der Waals surface area contributed by atoms with Gasteiger partial charge in [0.2, 0.25) is 0 Å². The quantitative estimate of drug-likeness (QED) is 0.486. The van der Waals surface area contributed by atoms with Crippen LogP contribution in [0, 0.1) is 34.0 Å². The van der Waals surface area contributed by atoms with Gasteiger partial charge in [0.1, 0.15) is 24.1 Å². The molecule has 0 radical (unpaired) electrons. The third-order valence-corrected chi connectivity index (χ3v) is 11.3. The van der Waals surface area contributed by atoms with Crippen molar-refractivity contribution < 1.29 is 34.1 Å². The Morgan fingerprint density at radius 1 is 1.10 bits per heavy atom. The molecule has 1 saturated heterocycles. The number of piperazine rings is 1. The number of ether oxygens (including phenoxy) is 2. The Bertz CT molecular complexity index is 973. The number of Topliss-reactive ketones (excluding diaryl/α,β-unsaturated/α-hetero) is 1. The summed E-state index contributed by atoms with van der Waals surface area (Å²) < 4.78 is 11.6. The van der Waals surface area contributed by atoms with E-state index >= 15 is 0 Å². The lowest BCUT2D eigenvalue weighted by molar-refractivity contribution is -0.217. The summed E-state index contributed by atoms with van der Waals surface area (Å²) in [6.07, 6.45) is 2.56. The fourth-order valence-electron chi connectivity index (χ4n) is 8.65. The van der Waals surface area contributed by atoms with Crippen LogP contribution in [0.2, 0.25) is 0 Å². The van der Waals surface area contributed by atoms with Crippen LogP contribution < -0.4 is 0 Å². The number of hydrogen-bond acceptors (Lipinski definition) is 8. The first kappa shape index (κ1) is 31.2. The zero-order valence-electron chi connectivity index (χ0n) is 25.7. The molecule has 4 fully saturated rings. The van der Waals surface area contributed by atoms with Gasteiger partial charge in [-0.25, -0.2) is 9.59 Å². The Kier molecular flexibility index (Phi) is 8.73. The molecular formula is C31H52N2O7. The highest BCUT2D eigenvalue weighted by Gasteiger charge is 2.69. The zero-order chi connectivity index (χ0) is 29.7. The number of ketones is 1. The fraction of sp³-hybridized carbons (Fsp3) is 0.903. The van der Waals surface area contributed by atoms with Gasteiger partial charge >= 0.3 is 12.1 Å². The Labute approximate surface area is 239 Å². The molecule has 1 heterocycles. The molecule has 4 aliphatic rings. The smallest absolute Gasteiger partial charge is 0.410 e. The van der Waals surface area contributed by atoms with Crippen molar-refractivity contribution in [2.45, 2.75) is 105 Å². The summed E-state index contributed by atoms with van der Waals surface area (Å²) in [5.41, 5.74) is -2.05. The first-order chi connectivity index (χ1) is 18.6. The largest absolute Gasteiger partial charge is 0.460 e. The summed E-state index contributed by atoms with van der Waals surface area (Å²) in [6.45, 7) is 16.5. The van der Waals surface area contributed by atoms with E-state index in [1.54, 1.807) is 4.90 Å². The van der Waals surface area contributed by atoms with Crippen LogP contribution in [0.15, 0.2) is 0 Å². The standard InChI is InChI=1S/C31H52N2O7/c1-8-29(6)17-23(39-24(36)19-34)30(7)20(2)9-11-31(12-10-22(35)25(30)31)21(26(29)37)18-32-13-15-33(16-14-32)27(38)40-28(3,4)5/h20-21,23,25-26,34,37H,8-19H2,1-7H3/t20-,21-,23-,25?,26+,29+,30+,31+/m1/s1. The molecule has 9 nitrogen and oxygen atoms in total. The molecule has 1 amide bonds. The van der Waals surface area contributed by atoms with Gasteiger partial charge in [0.25, 0.3) is 0 Å². The maximum atomic E-state index is 13.8. The van der Waals surface area contributed by atoms with Crippen LogP contribution in [0.25, 0.3) is 0 Å². The Balaban J connectivity index is 1.67. The molecule has 0 aromatic rings. The molecule has 0 spiro atoms. The number of aliphatic hydroxyl groups is 2. The molecule has 8 atom stereocenters. The number of hydrogen-bond donors (Lipinski definition) is 2. The average Bonchev–Trinajstić information content (AvgIpc) is 3.25. The van der Waals surface area contributed by atoms with Gasteiger partial charge in [0, 0.05) is 56.4 Å². The van der Waals surface area contributed by atoms with Gasteiger partial charge in [-0.2, -0.15) is 0 Å². The second-order valence-electron chi connectivity index (χ2n) is 14.6. The van der Waals surface area contributed by atoms with Crippen molar-refractivity contribution in [1.29, 1.82) is 0 Å². The summed E-state index contributed by atoms with van der Waals surface area (Å²) in [6, 6.07) is 0. The molecule has 0 aromatic carbocycles. The predicted octanol–water partition coefficient (Wildman–Crippen LogP) is 3.64. The van der Waals surface area contributed by atoms with Crippen LogP contribution in [0.3, 0.4) is 0 Å². The second-order valence-corrected chi connectivity index (χ2v) is 14.6. The lowest BCUT2D eigenvalue weighted by atomic mass is 9.43. The molecule has 3 aliphatic carbocycles. The Hall–Kier alpha value is -1.71. The van der Waals surface area contributed by atoms with Crippen molar-refractivity contribution in [3.05, 3.63) is 0 Å². The van der Waals surface area contributed by atoms with Gasteiger partial charge < -0.3 is 24.6 Å². The minimum Gasteiger partial charge on any atom is -0.460 e. The molecule has 40 heavy (non-hydrogen) atoms. The molecule has 2 N–H and O–H groups in total. The highest BCUT2D eigenvalue weighted by Crippen LogP contribution is 2.68. The molecule has 228 valence electrons. The number of nitrogens with zero attached hydrogens (tertiary/aromatic N) is 2. The summed E-state index contributed by atoms with van der Waals surface area (Å²) in [7, 11) is 0. The van der Waals surface area contributed by atoms with Gasteiger partial charge in [0.15, 0.2) is 0 Å². The average molecular weight is 565 g/mol. The number of aliphatic hydroxyl groups excluding tert-OH is 2. The molecule has 3 saturated carbocycles. The Morgan fingerprint density at radius 3 is 2.33 bits per heavy atom. The first-order valence-electron chi connectivity index (χ1n) is 15.3. The summed E-state index contributed by atoms with van der Waals surface area (Å²) in [5, 5.41) is 21.8. The summed E-state index contributed by atoms with van der Waals surface area (Å²) in [4.78, 5) is 43.0. The van der Waals surface area contributed by atoms with Gasteiger partial charge in [-0.15, -0.1) is 0 Å². The lowest BCUT2D eigenvalue weighted by Gasteiger charge is -2.63. The van der Waals surface area contributed by atoms with Crippen LogP contribution in [0.4, 0.5) is 4.79 Å². The molecule has 0 aromatic heterocycles. The van der Waals surface area contributed by atoms with Gasteiger partial charge in [0.05, 0.1) is 6.10 Å². The van der Waals surface area contributed by atoms with E-state index in [2.05, 4.69) is 32.6 Å². The van der Waals surface area contributed by atoms with E-state index in [-0.39, 0.29) is 35.0 Å². The third-order valence-electron chi connectivity index (χ3n) is 11.3. The minimum atomic E-state index is -0.700. The van der Waals surface area contributed by atoms with Gasteiger partial charge in [-0.05, 0) is 69.6 Å². The SMILES string of the molecule is CC[C@@]1(C)C[C@@H](OC(=O)CO)[C@@]2(C)C3C(=O)CC[C@@]3(CC[C@H]2C)[C@H](CN2CCN(C(=O)OC(C)(C)C)CC2)[C@@H]1O. The summed E-state index contributed by atoms with van der Waals surface area (Å²) in [5.74, 6) is -0.745. The second kappa shape index (κ2) is 11.2. The van der Waals surface area contributed by atoms with Crippen LogP contribution in [0.5, 0.6) is 0 Å². The number of carbonyl (C=O) groups is 3. The maximum Gasteiger partial charge on any atom is 0.410 e. The molecule has 9 heteroatoms. The van der Waals surface area contributed by atoms with E-state index in [1.165, 1.54) is 0 Å². The van der Waals surface area contributed by atoms with E-state index in [9.17, 15) is 24.6 Å². The minimum absolute atomic E-state index is 0.122. The van der Waals surface area contributed by atoms with Crippen molar-refractivity contribution >= 4 is 17.8 Å². The first-order valence-corrected chi connectivity index (χ1v) is 15.3. The number of carbonyl (C=O) groups excluding carboxylic acids is 3. The van der Waals surface area contributed by atoms with E-state index < -0.39 is 41.2 Å². The molecular weight excluding hydrogens is 512 g/mol. The van der Waals surface area contributed by atoms with Crippen LogP contribution in [-0.4, -0.2) is 95.0 Å². The van der Waals surface area contributed by atoms with E-state index in [0.29, 0.717) is 52.0 Å². The van der Waals surface area contributed by atoms with Crippen LogP contribution in [0.1, 0.15) is 87.0 Å². The predicted molar refractivity (Wildman–Crippen MR) is 150 cm³/mol. The monoisotopic (exact) mass is 564 g/mol. The van der Waals surface area contributed by atoms with Gasteiger partial charge in [-0.3, -0.25) is 9.69 Å². The third kappa shape index (κ3) is 5.42. The van der Waals surface area contributed by atoms with Crippen molar-refractivity contribution in [2.75, 3.05) is 39.3 Å². The van der Waals surface area contributed by atoms with Crippen LogP contribution >= 0.6 is 0 Å². The number of rotatable bonds is 5. The van der Waals surface area contributed by atoms with Gasteiger partial charge in [-0.1, -0.05) is 27.7 Å². The normalized spacial score (nSPS) is 40.7. The van der Waals surface area contributed by atoms with Crippen molar-refractivity contribution in [3.63, 3.8) is 0 Å². The number of esters is 1. The number of amides is 1. The van der Waals surface area contributed by atoms with E-state index in [1.807, 2.05) is 20.8 Å². The van der Waals surface area contributed by atoms with Crippen molar-refractivity contribution in [1.82, 2.24) is 9.80 Å². The highest BCUT2D eigenvalue weighted by atomic mass is 16.6. The maximum absolute atomic E-state index is 13.8. The fourth-order valence-corrected chi connectivity index (χ4v) is 8.65. The van der Waals surface area contributed by atoms with E-state index in [0.717, 1.165) is 19.3 Å². The van der Waals surface area contributed by atoms with Crippen LogP contribution in [-0.2, 0) is 19.1 Å². The summed E-state index contributed by atoms with van der Waals surface area (Å²) >= 11 is 0. The van der Waals surface area contributed by atoms with E-state index in [4.69, 9.17) is 9.47 Å². The Morgan fingerprint density at radius 2 is 1.75 bits per heavy atom. The highest BCUT2D eigenvalue weighted by molar-refractivity contribution is 5.85.